The number of aliphatic imine (C=N–C) groups is 3. The molecule has 0 aromatic carbocycles. The molecule has 90 heavy (non-hydrogen) atoms. The molecule has 19 atom stereocenters. The summed E-state index contributed by atoms with van der Waals surface area (Å²) in [6.45, 7) is 20.4. The lowest BCUT2D eigenvalue weighted by Crippen LogP contribution is -2.56. The summed E-state index contributed by atoms with van der Waals surface area (Å²) in [5, 5.41) is 31.9. The quantitative estimate of drug-likeness (QED) is 0.0551. The van der Waals surface area contributed by atoms with Gasteiger partial charge in [-0.2, -0.15) is 0 Å². The van der Waals surface area contributed by atoms with E-state index in [0.717, 1.165) is 12.8 Å². The van der Waals surface area contributed by atoms with E-state index in [1.54, 1.807) is 0 Å². The zero-order valence-corrected chi connectivity index (χ0v) is 54.9. The minimum Gasteiger partial charge on any atom is -0.394 e. The first-order valence-corrected chi connectivity index (χ1v) is 33.1. The Kier molecular flexibility index (Phi) is 20.5. The van der Waals surface area contributed by atoms with E-state index in [9.17, 15) is 53.2 Å². The number of allylic oxidation sites excluding steroid dienone is 6. The Labute approximate surface area is 526 Å². The molecule has 0 aromatic rings. The van der Waals surface area contributed by atoms with Crippen molar-refractivity contribution in [3.8, 4) is 0 Å². The molecule has 0 spiro atoms. The largest absolute Gasteiger partial charge is 0.472 e. The van der Waals surface area contributed by atoms with Crippen molar-refractivity contribution in [1.29, 1.82) is 0 Å². The number of rotatable bonds is 26. The molecule has 8 aliphatic rings. The van der Waals surface area contributed by atoms with Crippen molar-refractivity contribution >= 4 is 66.3 Å². The van der Waals surface area contributed by atoms with Crippen molar-refractivity contribution in [3.05, 3.63) is 34.3 Å². The fourth-order valence-corrected chi connectivity index (χ4v) is 17.9. The van der Waals surface area contributed by atoms with Crippen LogP contribution in [0.3, 0.4) is 0 Å². The summed E-state index contributed by atoms with van der Waals surface area (Å²) in [5.41, 5.74) is 34.3. The number of aliphatic hydroxyl groups excluding tert-OH is 2. The number of phosphoric acid groups is 1. The summed E-state index contributed by atoms with van der Waals surface area (Å²) in [6, 6.07) is -0.841. The number of amides is 7. The number of nitrogens with one attached hydrogen (secondary N) is 3. The van der Waals surface area contributed by atoms with Crippen LogP contribution in [0.25, 0.3) is 0 Å². The van der Waals surface area contributed by atoms with Gasteiger partial charge in [0, 0.05) is 143 Å². The number of nitrogens with two attached hydrogens (primary N) is 6. The average molecular weight is 1280 g/mol. The van der Waals surface area contributed by atoms with Gasteiger partial charge in [-0.3, -0.25) is 67.8 Å². The SMILES string of the molecule is CC1=C2N=C(C=C3N/C(=C(/C)C4=N[C@@](C)([C@H]5N=C1[C@](C)(CCC(=O)NC[C@@H](C)OP(=O)(O)O[C@H]1C(O)[C@@H](N6CNC7CC(C)C(C)CC76)O[C@@H]1CO)[C@H]5CC(N)=O)[C@@](C)(CC(N)=O)[C@@H]4CCC(N)=O)[C@@](C)(CC(N)=O)[C@@H]3CCC(N)=O)C(C)(C)[C@@H]2CCC(N)=O. The van der Waals surface area contributed by atoms with Gasteiger partial charge in [-0.15, -0.1) is 0 Å². The van der Waals surface area contributed by atoms with Crippen LogP contribution < -0.4 is 50.4 Å². The highest BCUT2D eigenvalue weighted by Crippen LogP contribution is 2.63. The number of carbonyl (C=O) groups is 7. The van der Waals surface area contributed by atoms with Crippen molar-refractivity contribution < 1.29 is 67.0 Å². The molecule has 18 N–H and O–H groups in total. The highest BCUT2D eigenvalue weighted by atomic mass is 31.2. The van der Waals surface area contributed by atoms with Crippen molar-refractivity contribution in [2.75, 3.05) is 19.8 Å². The summed E-state index contributed by atoms with van der Waals surface area (Å²) in [4.78, 5) is 123. The standard InChI is InChI=1S/C62H98N13O14P/c1-29-20-39-40(21-30(29)2)75(28-70-39)57-52(84)53(41(27-76)87-57)89-90(85,86)88-31(3)26-69-49(83)18-19-59(8)37(22-46(66)80)56-62(11)61(10,25-48(68)82)36(14-17-45(65)79)51(74-62)33(5)55-60(9,24-47(67)81)34(12-15-43(63)77)38(71-55)23-42-58(6,7)35(13-16-44(64)78)50(72-42)32(4)54(59)73-56/h23,29-31,34-37,39-41,52-53,56-57,70-71,76,84H,12-22,24-28H2,1-11H3,(H2,63,77)(H2,64,78)(H2,65,79)(H2,66,80)(H2,67,81)(H2,68,82)(H,69,83)(H,85,86)/b38-23?,50-32?,55-33-/t29?,30?,31-,34-,35-,36-,37+,39?,40?,41-,52?,53-,56+,57+,59-,60+,61+,62+/m1/s1. The van der Waals surface area contributed by atoms with Crippen LogP contribution >= 0.6 is 7.82 Å². The van der Waals surface area contributed by atoms with Gasteiger partial charge < -0.3 is 64.9 Å². The van der Waals surface area contributed by atoms with Gasteiger partial charge in [-0.25, -0.2) is 4.57 Å². The molecule has 28 heteroatoms. The van der Waals surface area contributed by atoms with E-state index >= 15 is 0 Å². The normalized spacial score (nSPS) is 38.0. The zero-order valence-electron chi connectivity index (χ0n) is 54.0. The number of carbonyl (C=O) groups excluding carboxylic acids is 7. The molecule has 0 radical (unpaired) electrons. The molecule has 3 saturated heterocycles. The Morgan fingerprint density at radius 2 is 1.42 bits per heavy atom. The van der Waals surface area contributed by atoms with E-state index in [-0.39, 0.29) is 89.3 Å². The first-order valence-electron chi connectivity index (χ1n) is 31.6. The molecule has 7 amide bonds. The lowest BCUT2D eigenvalue weighted by molar-refractivity contribution is -0.124. The van der Waals surface area contributed by atoms with Crippen LogP contribution in [0.2, 0.25) is 0 Å². The average Bonchev–Trinajstić information content (AvgIpc) is 1.53. The highest BCUT2D eigenvalue weighted by molar-refractivity contribution is 7.47. The Hall–Kier alpha value is -5.77. The van der Waals surface area contributed by atoms with Crippen molar-refractivity contribution in [2.45, 2.75) is 214 Å². The lowest BCUT2D eigenvalue weighted by atomic mass is 9.55. The van der Waals surface area contributed by atoms with Crippen LogP contribution in [0, 0.1) is 57.2 Å². The summed E-state index contributed by atoms with van der Waals surface area (Å²) < 4.78 is 31.0. The number of hydrogen-bond acceptors (Lipinski definition) is 19. The van der Waals surface area contributed by atoms with Crippen LogP contribution in [0.5, 0.6) is 0 Å². The van der Waals surface area contributed by atoms with Crippen LogP contribution in [-0.4, -0.2) is 153 Å². The van der Waals surface area contributed by atoms with Gasteiger partial charge >= 0.3 is 7.82 Å². The summed E-state index contributed by atoms with van der Waals surface area (Å²) in [7, 11) is -5.02. The molecule has 8 rings (SSSR count). The molecule has 1 aliphatic carbocycles. The van der Waals surface area contributed by atoms with E-state index in [1.807, 2.05) is 66.4 Å². The fourth-order valence-electron chi connectivity index (χ4n) is 16.8. The molecule has 1 saturated carbocycles. The Bertz CT molecular complexity index is 3150. The van der Waals surface area contributed by atoms with E-state index in [1.165, 1.54) is 6.92 Å². The van der Waals surface area contributed by atoms with Gasteiger partial charge in [0.2, 0.25) is 41.4 Å². The molecule has 8 bridgehead atoms. The second-order valence-corrected chi connectivity index (χ2v) is 29.8. The van der Waals surface area contributed by atoms with Gasteiger partial charge in [-0.05, 0) is 95.3 Å². The zero-order chi connectivity index (χ0) is 66.7. The maximum absolute atomic E-state index is 14.4. The monoisotopic (exact) mass is 1280 g/mol. The first kappa shape index (κ1) is 70.1. The number of nitrogens with zero attached hydrogens (tertiary/aromatic N) is 4. The van der Waals surface area contributed by atoms with E-state index in [2.05, 4.69) is 29.8 Å². The molecule has 7 aliphatic heterocycles. The number of aliphatic hydroxyl groups is 2. The van der Waals surface area contributed by atoms with E-state index in [4.69, 9.17) is 63.2 Å². The van der Waals surface area contributed by atoms with Crippen molar-refractivity contribution in [3.63, 3.8) is 0 Å². The topological polar surface area (TPSA) is 457 Å². The fraction of sp³-hybridized carbons (Fsp3) is 0.742. The van der Waals surface area contributed by atoms with E-state index in [0.29, 0.717) is 63.9 Å². The van der Waals surface area contributed by atoms with Crippen molar-refractivity contribution in [2.24, 2.45) is 107 Å². The highest BCUT2D eigenvalue weighted by Gasteiger charge is 2.66. The van der Waals surface area contributed by atoms with Crippen LogP contribution in [0.1, 0.15) is 160 Å². The summed E-state index contributed by atoms with van der Waals surface area (Å²) in [5.74, 6) is -6.19. The molecule has 6 unspecified atom stereocenters. The number of ether oxygens (including phenoxy) is 1. The predicted molar refractivity (Wildman–Crippen MR) is 334 cm³/mol. The van der Waals surface area contributed by atoms with Gasteiger partial charge in [-0.1, -0.05) is 48.5 Å². The molecule has 7 heterocycles. The van der Waals surface area contributed by atoms with Gasteiger partial charge in [0.25, 0.3) is 0 Å². The molecule has 4 fully saturated rings. The Morgan fingerprint density at radius 1 is 0.822 bits per heavy atom. The van der Waals surface area contributed by atoms with Crippen molar-refractivity contribution in [1.82, 2.24) is 20.9 Å². The van der Waals surface area contributed by atoms with Gasteiger partial charge in [0.1, 0.15) is 24.5 Å². The lowest BCUT2D eigenvalue weighted by Gasteiger charge is -2.48. The number of hydrogen-bond donors (Lipinski definition) is 12. The van der Waals surface area contributed by atoms with Crippen LogP contribution in [-0.2, 0) is 51.9 Å². The second kappa shape index (κ2) is 26.3. The maximum atomic E-state index is 14.4. The Morgan fingerprint density at radius 3 is 2.01 bits per heavy atom. The summed E-state index contributed by atoms with van der Waals surface area (Å²) >= 11 is 0. The minimum atomic E-state index is -5.02. The predicted octanol–water partition coefficient (Wildman–Crippen LogP) is 1.99. The smallest absolute Gasteiger partial charge is 0.394 e. The third-order valence-electron chi connectivity index (χ3n) is 22.1. The third-order valence-corrected chi connectivity index (χ3v) is 23.2. The second-order valence-electron chi connectivity index (χ2n) is 28.5. The van der Waals surface area contributed by atoms with Crippen LogP contribution in [0.4, 0.5) is 0 Å². The Balaban J connectivity index is 1.18. The van der Waals surface area contributed by atoms with Gasteiger partial charge in [0.15, 0.2) is 0 Å². The molecule has 0 aromatic heterocycles. The number of phosphoric ester groups is 1. The van der Waals surface area contributed by atoms with E-state index < -0.39 is 143 Å². The number of primary amides is 6. The van der Waals surface area contributed by atoms with Crippen LogP contribution in [0.15, 0.2) is 49.3 Å². The minimum absolute atomic E-state index is 0.00318. The van der Waals surface area contributed by atoms with Gasteiger partial charge in [0.05, 0.1) is 31.0 Å². The molecular formula is C62H98N13O14P. The first-order chi connectivity index (χ1) is 41.8. The molecular weight excluding hydrogens is 1180 g/mol. The number of fused-ring (bicyclic) bond motifs is 7. The third kappa shape index (κ3) is 13.4. The summed E-state index contributed by atoms with van der Waals surface area (Å²) in [6.07, 6.45) is -3.27. The molecule has 27 nitrogen and oxygen atoms in total. The maximum Gasteiger partial charge on any atom is 0.472 e. The molecule has 500 valence electrons.